The third-order valence-electron chi connectivity index (χ3n) is 0.283. The topological polar surface area (TPSA) is 75.9 Å². The summed E-state index contributed by atoms with van der Waals surface area (Å²) < 4.78 is 0. The van der Waals surface area contributed by atoms with Crippen molar-refractivity contribution in [2.75, 3.05) is 0 Å². The van der Waals surface area contributed by atoms with Crippen molar-refractivity contribution in [3.05, 3.63) is 0 Å². The first-order valence-electron chi connectivity index (χ1n) is 1.51. The summed E-state index contributed by atoms with van der Waals surface area (Å²) in [5.74, 6) is 0. The van der Waals surface area contributed by atoms with E-state index >= 15 is 0 Å². The van der Waals surface area contributed by atoms with E-state index in [9.17, 15) is 14.4 Å². The van der Waals surface area contributed by atoms with Crippen LogP contribution in [0.4, 0.5) is 4.79 Å². The van der Waals surface area contributed by atoms with Gasteiger partial charge in [0.15, 0.2) is 0 Å². The zero-order chi connectivity index (χ0) is 6.41. The van der Waals surface area contributed by atoms with Crippen molar-refractivity contribution in [2.45, 2.75) is 0 Å². The van der Waals surface area contributed by atoms with Crippen LogP contribution in [-0.2, 0) is 9.59 Å². The molecule has 0 fully saturated rings. The number of isocyanates is 2. The Morgan fingerprint density at radius 2 is 1.50 bits per heavy atom. The fraction of sp³-hybridized carbons (Fsp3) is 0. The Balaban J connectivity index is 4.04. The SMILES string of the molecule is O=C=NC(=O)N=C=O. The molecule has 40 valence electrons. The van der Waals surface area contributed by atoms with Gasteiger partial charge >= 0.3 is 6.03 Å². The molecule has 0 aliphatic rings. The third kappa shape index (κ3) is 2.66. The van der Waals surface area contributed by atoms with Crippen LogP contribution < -0.4 is 0 Å². The molecule has 0 radical (unpaired) electrons. The van der Waals surface area contributed by atoms with Crippen molar-refractivity contribution < 1.29 is 14.4 Å². The summed E-state index contributed by atoms with van der Waals surface area (Å²) in [6.07, 6.45) is 1.81. The van der Waals surface area contributed by atoms with Gasteiger partial charge in [-0.25, -0.2) is 14.4 Å². The van der Waals surface area contributed by atoms with E-state index < -0.39 is 6.03 Å². The maximum absolute atomic E-state index is 9.78. The van der Waals surface area contributed by atoms with Crippen LogP contribution in [0.3, 0.4) is 0 Å². The first-order chi connectivity index (χ1) is 3.81. The lowest BCUT2D eigenvalue weighted by atomic mass is 11.1. The van der Waals surface area contributed by atoms with E-state index in [1.54, 1.807) is 0 Å². The van der Waals surface area contributed by atoms with E-state index in [4.69, 9.17) is 0 Å². The van der Waals surface area contributed by atoms with Crippen LogP contribution in [0.1, 0.15) is 0 Å². The molecule has 0 aromatic heterocycles. The van der Waals surface area contributed by atoms with E-state index in [1.165, 1.54) is 0 Å². The van der Waals surface area contributed by atoms with Gasteiger partial charge in [-0.1, -0.05) is 0 Å². The molecule has 0 rings (SSSR count). The molecular formula is C3N2O3. The van der Waals surface area contributed by atoms with Crippen LogP contribution in [0.25, 0.3) is 0 Å². The van der Waals surface area contributed by atoms with Gasteiger partial charge in [0.05, 0.1) is 0 Å². The minimum absolute atomic E-state index is 0.905. The molecule has 0 saturated heterocycles. The Morgan fingerprint density at radius 3 is 1.75 bits per heavy atom. The maximum atomic E-state index is 9.78. The highest BCUT2D eigenvalue weighted by Crippen LogP contribution is 1.73. The number of urea groups is 1. The van der Waals surface area contributed by atoms with Crippen molar-refractivity contribution >= 4 is 18.2 Å². The Bertz CT molecular complexity index is 165. The van der Waals surface area contributed by atoms with Crippen LogP contribution >= 0.6 is 0 Å². The van der Waals surface area contributed by atoms with Gasteiger partial charge in [0, 0.05) is 0 Å². The molecule has 5 nitrogen and oxygen atoms in total. The van der Waals surface area contributed by atoms with Crippen LogP contribution in [0.2, 0.25) is 0 Å². The average molecular weight is 112 g/mol. The van der Waals surface area contributed by atoms with Gasteiger partial charge in [0.1, 0.15) is 0 Å². The molecule has 0 unspecified atom stereocenters. The predicted molar refractivity (Wildman–Crippen MR) is 21.6 cm³/mol. The Hall–Kier alpha value is -1.57. The predicted octanol–water partition coefficient (Wildman–Crippen LogP) is -0.222. The molecule has 0 aliphatic carbocycles. The number of hydrogen-bond donors (Lipinski definition) is 0. The zero-order valence-electron chi connectivity index (χ0n) is 3.62. The number of carbonyl (C=O) groups is 1. The quantitative estimate of drug-likeness (QED) is 0.321. The molecule has 0 heterocycles. The normalized spacial score (nSPS) is 6.00. The monoisotopic (exact) mass is 112 g/mol. The van der Waals surface area contributed by atoms with E-state index in [0.29, 0.717) is 0 Å². The summed E-state index contributed by atoms with van der Waals surface area (Å²) in [7, 11) is 0. The summed E-state index contributed by atoms with van der Waals surface area (Å²) in [6.45, 7) is 0. The Labute approximate surface area is 43.7 Å². The smallest absolute Gasteiger partial charge is 0.242 e. The summed E-state index contributed by atoms with van der Waals surface area (Å²) in [6, 6.07) is -1.19. The molecule has 2 amide bonds. The van der Waals surface area contributed by atoms with Crippen LogP contribution in [0.5, 0.6) is 0 Å². The van der Waals surface area contributed by atoms with Gasteiger partial charge in [-0.05, 0) is 0 Å². The van der Waals surface area contributed by atoms with Crippen molar-refractivity contribution in [3.63, 3.8) is 0 Å². The molecule has 0 aliphatic heterocycles. The van der Waals surface area contributed by atoms with Gasteiger partial charge in [-0.15, -0.1) is 9.98 Å². The second kappa shape index (κ2) is 3.61. The molecule has 0 bridgehead atoms. The zero-order valence-corrected chi connectivity index (χ0v) is 3.62. The molecule has 0 atom stereocenters. The molecule has 8 heavy (non-hydrogen) atoms. The minimum atomic E-state index is -1.19. The highest BCUT2D eigenvalue weighted by molar-refractivity contribution is 5.84. The number of hydrogen-bond acceptors (Lipinski definition) is 3. The third-order valence-corrected chi connectivity index (χ3v) is 0.283. The molecule has 0 spiro atoms. The lowest BCUT2D eigenvalue weighted by Crippen LogP contribution is -1.78. The number of nitrogens with zero attached hydrogens (tertiary/aromatic N) is 2. The summed E-state index contributed by atoms with van der Waals surface area (Å²) in [4.78, 5) is 33.0. The second-order valence-corrected chi connectivity index (χ2v) is 0.689. The van der Waals surface area contributed by atoms with Crippen molar-refractivity contribution in [1.29, 1.82) is 0 Å². The first-order valence-corrected chi connectivity index (χ1v) is 1.51. The first kappa shape index (κ1) is 6.43. The van der Waals surface area contributed by atoms with Crippen LogP contribution in [-0.4, -0.2) is 18.2 Å². The second-order valence-electron chi connectivity index (χ2n) is 0.689. The van der Waals surface area contributed by atoms with Gasteiger partial charge in [-0.2, -0.15) is 0 Å². The summed E-state index contributed by atoms with van der Waals surface area (Å²) >= 11 is 0. The van der Waals surface area contributed by atoms with Crippen LogP contribution in [0, 0.1) is 0 Å². The van der Waals surface area contributed by atoms with Gasteiger partial charge < -0.3 is 0 Å². The van der Waals surface area contributed by atoms with E-state index in [0.717, 1.165) is 12.2 Å². The lowest BCUT2D eigenvalue weighted by molar-refractivity contribution is 0.257. The highest BCUT2D eigenvalue weighted by Gasteiger charge is 1.87. The molecule has 0 N–H and O–H groups in total. The average Bonchev–Trinajstić information content (AvgIpc) is 1.68. The molecule has 0 aromatic rings. The molecule has 0 aromatic carbocycles. The fourth-order valence-electron chi connectivity index (χ4n) is 0.103. The number of amides is 2. The Morgan fingerprint density at radius 1 is 1.12 bits per heavy atom. The molecular weight excluding hydrogens is 112 g/mol. The lowest BCUT2D eigenvalue weighted by Gasteiger charge is -1.63. The largest absolute Gasteiger partial charge is 0.388 e. The van der Waals surface area contributed by atoms with E-state index in [1.807, 2.05) is 0 Å². The van der Waals surface area contributed by atoms with E-state index in [2.05, 4.69) is 9.98 Å². The van der Waals surface area contributed by atoms with Crippen molar-refractivity contribution in [2.24, 2.45) is 9.98 Å². The van der Waals surface area contributed by atoms with Gasteiger partial charge in [-0.3, -0.25) is 0 Å². The summed E-state index contributed by atoms with van der Waals surface area (Å²) in [5.41, 5.74) is 0. The molecule has 0 saturated carbocycles. The van der Waals surface area contributed by atoms with Crippen LogP contribution in [0.15, 0.2) is 9.98 Å². The fourth-order valence-corrected chi connectivity index (χ4v) is 0.103. The standard InChI is InChI=1S/C3N2O3/c6-1-4-3(8)5-2-7. The van der Waals surface area contributed by atoms with Crippen molar-refractivity contribution in [3.8, 4) is 0 Å². The number of carbonyl (C=O) groups excluding carboxylic acids is 3. The minimum Gasteiger partial charge on any atom is -0.242 e. The van der Waals surface area contributed by atoms with Crippen molar-refractivity contribution in [1.82, 2.24) is 0 Å². The number of aliphatic imine (C=N–C) groups is 2. The van der Waals surface area contributed by atoms with E-state index in [-0.39, 0.29) is 0 Å². The van der Waals surface area contributed by atoms with Gasteiger partial charge in [0.2, 0.25) is 12.2 Å². The highest BCUT2D eigenvalue weighted by atomic mass is 16.2. The van der Waals surface area contributed by atoms with Gasteiger partial charge in [0.25, 0.3) is 0 Å². The Kier molecular flexibility index (Phi) is 2.90. The maximum Gasteiger partial charge on any atom is 0.388 e. The summed E-state index contributed by atoms with van der Waals surface area (Å²) in [5, 5.41) is 0. The molecule has 5 heteroatoms. The number of rotatable bonds is 0.